The summed E-state index contributed by atoms with van der Waals surface area (Å²) in [5.74, 6) is 1.59. The van der Waals surface area contributed by atoms with Crippen molar-refractivity contribution in [3.05, 3.63) is 66.6 Å². The second kappa shape index (κ2) is 7.90. The number of benzene rings is 1. The first-order valence-corrected chi connectivity index (χ1v) is 10.0. The molecule has 28 heavy (non-hydrogen) atoms. The van der Waals surface area contributed by atoms with Gasteiger partial charge in [-0.05, 0) is 24.1 Å². The van der Waals surface area contributed by atoms with Crippen LogP contribution in [0.25, 0.3) is 22.5 Å². The fraction of sp³-hybridized carbons (Fsp3) is 0.190. The van der Waals surface area contributed by atoms with Gasteiger partial charge in [0.25, 0.3) is 0 Å². The molecule has 4 aromatic rings. The molecule has 4 rings (SSSR count). The van der Waals surface area contributed by atoms with Crippen LogP contribution in [0, 0.1) is 0 Å². The molecular formula is C21H20N4O2S. The zero-order chi connectivity index (χ0) is 19.5. The van der Waals surface area contributed by atoms with Gasteiger partial charge in [0.15, 0.2) is 16.7 Å². The van der Waals surface area contributed by atoms with E-state index in [4.69, 9.17) is 4.42 Å². The van der Waals surface area contributed by atoms with E-state index in [0.717, 1.165) is 17.3 Å². The van der Waals surface area contributed by atoms with Crippen LogP contribution in [0.3, 0.4) is 0 Å². The predicted octanol–water partition coefficient (Wildman–Crippen LogP) is 4.74. The van der Waals surface area contributed by atoms with Crippen LogP contribution in [0.4, 0.5) is 0 Å². The maximum atomic E-state index is 12.9. The lowest BCUT2D eigenvalue weighted by Crippen LogP contribution is -2.05. The molecule has 0 spiro atoms. The van der Waals surface area contributed by atoms with Gasteiger partial charge in [-0.3, -0.25) is 9.36 Å². The zero-order valence-electron chi connectivity index (χ0n) is 15.5. The molecule has 1 aromatic carbocycles. The number of para-hydroxylation sites is 1. The van der Waals surface area contributed by atoms with Crippen LogP contribution in [0.5, 0.6) is 0 Å². The number of nitrogens with zero attached hydrogens (tertiary/aromatic N) is 3. The van der Waals surface area contributed by atoms with E-state index in [0.29, 0.717) is 28.8 Å². The zero-order valence-corrected chi connectivity index (χ0v) is 16.3. The summed E-state index contributed by atoms with van der Waals surface area (Å²) >= 11 is 1.37. The number of allylic oxidation sites excluding steroid dienone is 1. The number of aromatic amines is 1. The number of aromatic nitrogens is 4. The van der Waals surface area contributed by atoms with Gasteiger partial charge in [-0.2, -0.15) is 0 Å². The lowest BCUT2D eigenvalue weighted by Gasteiger charge is -2.06. The molecule has 0 amide bonds. The van der Waals surface area contributed by atoms with Crippen LogP contribution < -0.4 is 0 Å². The Morgan fingerprint density at radius 1 is 1.32 bits per heavy atom. The third-order valence-corrected chi connectivity index (χ3v) is 5.55. The third kappa shape index (κ3) is 3.29. The molecule has 0 saturated heterocycles. The van der Waals surface area contributed by atoms with Crippen LogP contribution in [-0.2, 0) is 13.0 Å². The molecular weight excluding hydrogens is 372 g/mol. The number of carbonyl (C=O) groups excluding carboxylic acids is 1. The number of furan rings is 1. The summed E-state index contributed by atoms with van der Waals surface area (Å²) < 4.78 is 7.33. The Morgan fingerprint density at radius 3 is 2.96 bits per heavy atom. The van der Waals surface area contributed by atoms with E-state index in [2.05, 4.69) is 34.8 Å². The van der Waals surface area contributed by atoms with E-state index < -0.39 is 0 Å². The van der Waals surface area contributed by atoms with E-state index in [-0.39, 0.29) is 11.5 Å². The quantitative estimate of drug-likeness (QED) is 0.266. The molecule has 0 bridgehead atoms. The molecule has 3 heterocycles. The summed E-state index contributed by atoms with van der Waals surface area (Å²) in [5.41, 5.74) is 2.95. The Hall–Kier alpha value is -3.06. The molecule has 142 valence electrons. The highest BCUT2D eigenvalue weighted by molar-refractivity contribution is 7.99. The largest absolute Gasteiger partial charge is 0.461 e. The first-order chi connectivity index (χ1) is 13.7. The monoisotopic (exact) mass is 392 g/mol. The number of hydrogen-bond donors (Lipinski definition) is 1. The molecule has 0 aliphatic carbocycles. The second-order valence-corrected chi connectivity index (χ2v) is 7.23. The average molecular weight is 392 g/mol. The Labute approximate surface area is 166 Å². The van der Waals surface area contributed by atoms with Gasteiger partial charge in [-0.25, -0.2) is 0 Å². The van der Waals surface area contributed by atoms with Crippen molar-refractivity contribution in [1.29, 1.82) is 0 Å². The van der Waals surface area contributed by atoms with E-state index in [1.54, 1.807) is 24.6 Å². The summed E-state index contributed by atoms with van der Waals surface area (Å²) in [6.45, 7) is 6.44. The lowest BCUT2D eigenvalue weighted by molar-refractivity contribution is 0.102. The maximum absolute atomic E-state index is 12.9. The molecule has 0 saturated carbocycles. The fourth-order valence-corrected chi connectivity index (χ4v) is 4.06. The summed E-state index contributed by atoms with van der Waals surface area (Å²) in [5, 5.41) is 10.1. The van der Waals surface area contributed by atoms with Crippen molar-refractivity contribution in [2.24, 2.45) is 0 Å². The van der Waals surface area contributed by atoms with Gasteiger partial charge in [0.05, 0.1) is 12.0 Å². The molecule has 0 aliphatic rings. The SMILES string of the molecule is C=CCn1c(SCC(=O)c2c[nH]c3c(CC)cccc23)nnc1-c1ccco1. The van der Waals surface area contributed by atoms with Gasteiger partial charge < -0.3 is 9.40 Å². The number of hydrogen-bond acceptors (Lipinski definition) is 5. The van der Waals surface area contributed by atoms with Gasteiger partial charge in [-0.15, -0.1) is 16.8 Å². The molecule has 3 aromatic heterocycles. The number of rotatable bonds is 8. The number of carbonyl (C=O) groups is 1. The number of ketones is 1. The Kier molecular flexibility index (Phi) is 5.16. The highest BCUT2D eigenvalue weighted by atomic mass is 32.2. The third-order valence-electron chi connectivity index (χ3n) is 4.59. The number of H-pyrrole nitrogens is 1. The van der Waals surface area contributed by atoms with Crippen molar-refractivity contribution in [2.75, 3.05) is 5.75 Å². The first-order valence-electron chi connectivity index (χ1n) is 9.05. The summed E-state index contributed by atoms with van der Waals surface area (Å²) in [6.07, 6.45) is 6.09. The maximum Gasteiger partial charge on any atom is 0.200 e. The number of aryl methyl sites for hydroxylation is 1. The number of nitrogens with one attached hydrogen (secondary N) is 1. The summed E-state index contributed by atoms with van der Waals surface area (Å²) in [7, 11) is 0. The number of thioether (sulfide) groups is 1. The average Bonchev–Trinajstić information content (AvgIpc) is 3.45. The molecule has 7 heteroatoms. The minimum Gasteiger partial charge on any atom is -0.461 e. The van der Waals surface area contributed by atoms with Crippen LogP contribution in [0.15, 0.2) is 65.0 Å². The van der Waals surface area contributed by atoms with Crippen molar-refractivity contribution < 1.29 is 9.21 Å². The number of fused-ring (bicyclic) bond motifs is 1. The van der Waals surface area contributed by atoms with E-state index in [9.17, 15) is 4.79 Å². The van der Waals surface area contributed by atoms with Gasteiger partial charge in [0.1, 0.15) is 0 Å². The molecule has 0 unspecified atom stereocenters. The molecule has 0 atom stereocenters. The summed E-state index contributed by atoms with van der Waals surface area (Å²) in [4.78, 5) is 16.1. The van der Waals surface area contributed by atoms with Gasteiger partial charge in [-0.1, -0.05) is 43.0 Å². The molecule has 6 nitrogen and oxygen atoms in total. The van der Waals surface area contributed by atoms with Crippen LogP contribution >= 0.6 is 11.8 Å². The van der Waals surface area contributed by atoms with Crippen LogP contribution in [0.2, 0.25) is 0 Å². The Balaban J connectivity index is 1.57. The van der Waals surface area contributed by atoms with Crippen LogP contribution in [-0.4, -0.2) is 31.3 Å². The van der Waals surface area contributed by atoms with Crippen molar-refractivity contribution in [2.45, 2.75) is 25.0 Å². The van der Waals surface area contributed by atoms with Gasteiger partial charge in [0, 0.05) is 29.2 Å². The highest BCUT2D eigenvalue weighted by Crippen LogP contribution is 2.27. The second-order valence-electron chi connectivity index (χ2n) is 6.29. The minimum atomic E-state index is 0.0530. The molecule has 0 aliphatic heterocycles. The molecule has 0 fully saturated rings. The molecule has 1 N–H and O–H groups in total. The fourth-order valence-electron chi connectivity index (χ4n) is 3.23. The van der Waals surface area contributed by atoms with Crippen LogP contribution in [0.1, 0.15) is 22.8 Å². The highest BCUT2D eigenvalue weighted by Gasteiger charge is 2.18. The van der Waals surface area contributed by atoms with Gasteiger partial charge >= 0.3 is 0 Å². The smallest absolute Gasteiger partial charge is 0.200 e. The van der Waals surface area contributed by atoms with E-state index >= 15 is 0 Å². The van der Waals surface area contributed by atoms with Crippen molar-refractivity contribution in [3.8, 4) is 11.6 Å². The van der Waals surface area contributed by atoms with Crippen molar-refractivity contribution in [1.82, 2.24) is 19.7 Å². The van der Waals surface area contributed by atoms with Crippen molar-refractivity contribution in [3.63, 3.8) is 0 Å². The Morgan fingerprint density at radius 2 is 2.21 bits per heavy atom. The van der Waals surface area contributed by atoms with E-state index in [1.165, 1.54) is 17.3 Å². The predicted molar refractivity (Wildman–Crippen MR) is 111 cm³/mol. The lowest BCUT2D eigenvalue weighted by atomic mass is 10.1. The van der Waals surface area contributed by atoms with Gasteiger partial charge in [0.2, 0.25) is 5.82 Å². The molecule has 0 radical (unpaired) electrons. The van der Waals surface area contributed by atoms with Crippen molar-refractivity contribution >= 4 is 28.4 Å². The Bertz CT molecular complexity index is 1120. The topological polar surface area (TPSA) is 76.7 Å². The number of Topliss-reactive ketones (excluding diaryl/α,β-unsaturated/α-hetero) is 1. The standard InChI is InChI=1S/C21H20N4O2S/c1-3-10-25-20(18-9-6-11-27-18)23-24-21(25)28-13-17(26)16-12-22-19-14(4-2)7-5-8-15(16)19/h3,5-9,11-12,22H,1,4,10,13H2,2H3. The minimum absolute atomic E-state index is 0.0530. The summed E-state index contributed by atoms with van der Waals surface area (Å²) in [6, 6.07) is 9.70. The van der Waals surface area contributed by atoms with E-state index in [1.807, 2.05) is 22.8 Å². The normalized spacial score (nSPS) is 11.2. The first kappa shape index (κ1) is 18.3.